The second-order valence-electron chi connectivity index (χ2n) is 13.5. The second kappa shape index (κ2) is 14.0. The van der Waals surface area contributed by atoms with E-state index in [1.807, 2.05) is 46.4 Å². The van der Waals surface area contributed by atoms with Gasteiger partial charge in [-0.3, -0.25) is 4.90 Å². The second-order valence-corrected chi connectivity index (χ2v) is 13.9. The van der Waals surface area contributed by atoms with Gasteiger partial charge in [-0.1, -0.05) is 51.4 Å². The summed E-state index contributed by atoms with van der Waals surface area (Å²) >= 11 is 6.88. The standard InChI is InChI=1S/C35H42ClFN8O4/c1-19(2)28-31(29(20(3)4)39-27(38-28)18-42-11-13-49-14-12-42)45-33-24(15-25(36)30(40-33)23-9-7-8-10-26(23)37)32(41-34(45)46)43-16-22(6)44(35(47)48)17-21(43)5/h7-10,15,19-22H,11-14,16-18H2,1-6H3,(H,47,48)/t21-,22+/m0/s1. The van der Waals surface area contributed by atoms with Crippen LogP contribution >= 0.6 is 11.6 Å². The summed E-state index contributed by atoms with van der Waals surface area (Å²) in [5, 5.41) is 10.4. The number of carboxylic acid groups (broad SMARTS) is 1. The Morgan fingerprint density at radius 1 is 1.00 bits per heavy atom. The first-order chi connectivity index (χ1) is 23.3. The Kier molecular flexibility index (Phi) is 9.88. The van der Waals surface area contributed by atoms with Crippen LogP contribution in [0.2, 0.25) is 5.02 Å². The number of piperazine rings is 1. The number of halogens is 2. The molecule has 3 aromatic heterocycles. The molecule has 5 heterocycles. The van der Waals surface area contributed by atoms with Crippen molar-refractivity contribution in [1.29, 1.82) is 0 Å². The van der Waals surface area contributed by atoms with Gasteiger partial charge in [-0.05, 0) is 43.9 Å². The molecule has 2 saturated heterocycles. The molecule has 0 radical (unpaired) electrons. The van der Waals surface area contributed by atoms with Crippen molar-refractivity contribution in [3.8, 4) is 16.9 Å². The van der Waals surface area contributed by atoms with E-state index in [-0.39, 0.29) is 52.4 Å². The van der Waals surface area contributed by atoms with Gasteiger partial charge in [-0.2, -0.15) is 4.98 Å². The molecule has 0 spiro atoms. The van der Waals surface area contributed by atoms with Crippen molar-refractivity contribution in [2.24, 2.45) is 0 Å². The lowest BCUT2D eigenvalue weighted by Crippen LogP contribution is -2.58. The molecule has 0 aliphatic carbocycles. The number of carbonyl (C=O) groups is 1. The summed E-state index contributed by atoms with van der Waals surface area (Å²) in [4.78, 5) is 51.7. The van der Waals surface area contributed by atoms with Crippen molar-refractivity contribution < 1.29 is 19.0 Å². The Hall–Kier alpha value is -4.20. The maximum Gasteiger partial charge on any atom is 0.407 e. The summed E-state index contributed by atoms with van der Waals surface area (Å²) in [7, 11) is 0. The van der Waals surface area contributed by atoms with Gasteiger partial charge in [0.1, 0.15) is 17.5 Å². The van der Waals surface area contributed by atoms with Crippen LogP contribution < -0.4 is 10.6 Å². The first-order valence-electron chi connectivity index (χ1n) is 16.7. The van der Waals surface area contributed by atoms with Crippen LogP contribution in [0.3, 0.4) is 0 Å². The van der Waals surface area contributed by atoms with E-state index in [9.17, 15) is 14.7 Å². The Labute approximate surface area is 289 Å². The normalized spacial score (nSPS) is 19.0. The largest absolute Gasteiger partial charge is 0.465 e. The number of nitrogens with zero attached hydrogens (tertiary/aromatic N) is 8. The highest BCUT2D eigenvalue weighted by molar-refractivity contribution is 6.33. The van der Waals surface area contributed by atoms with Gasteiger partial charge in [0, 0.05) is 43.8 Å². The zero-order valence-corrected chi connectivity index (χ0v) is 29.4. The average Bonchev–Trinajstić information content (AvgIpc) is 3.06. The van der Waals surface area contributed by atoms with Gasteiger partial charge in [0.25, 0.3) is 0 Å². The van der Waals surface area contributed by atoms with Crippen LogP contribution in [0, 0.1) is 5.82 Å². The fourth-order valence-corrected chi connectivity index (χ4v) is 6.91. The van der Waals surface area contributed by atoms with Crippen LogP contribution in [0.5, 0.6) is 0 Å². The Morgan fingerprint density at radius 2 is 1.65 bits per heavy atom. The van der Waals surface area contributed by atoms with Crippen molar-refractivity contribution in [3.63, 3.8) is 0 Å². The number of anilines is 1. The number of amides is 1. The number of aromatic nitrogens is 5. The highest BCUT2D eigenvalue weighted by Gasteiger charge is 2.35. The first kappa shape index (κ1) is 34.7. The molecular weight excluding hydrogens is 651 g/mol. The number of benzene rings is 1. The molecule has 0 bridgehead atoms. The van der Waals surface area contributed by atoms with Crippen molar-refractivity contribution in [2.45, 2.75) is 72.0 Å². The summed E-state index contributed by atoms with van der Waals surface area (Å²) in [6.07, 6.45) is -1.01. The molecule has 260 valence electrons. The van der Waals surface area contributed by atoms with E-state index in [1.165, 1.54) is 15.5 Å². The lowest BCUT2D eigenvalue weighted by Gasteiger charge is -2.43. The fraction of sp³-hybridized carbons (Fsp3) is 0.486. The van der Waals surface area contributed by atoms with Gasteiger partial charge in [-0.25, -0.2) is 33.5 Å². The van der Waals surface area contributed by atoms with Crippen molar-refractivity contribution in [1.82, 2.24) is 34.3 Å². The smallest absolute Gasteiger partial charge is 0.407 e. The number of hydrogen-bond acceptors (Lipinski definition) is 9. The third-order valence-corrected chi connectivity index (χ3v) is 9.49. The molecule has 2 aliphatic heterocycles. The number of hydrogen-bond donors (Lipinski definition) is 1. The minimum Gasteiger partial charge on any atom is -0.465 e. The third-order valence-electron chi connectivity index (χ3n) is 9.20. The Bertz CT molecular complexity index is 1920. The molecule has 2 fully saturated rings. The van der Waals surface area contributed by atoms with Crippen LogP contribution in [0.25, 0.3) is 28.0 Å². The predicted molar refractivity (Wildman–Crippen MR) is 186 cm³/mol. The van der Waals surface area contributed by atoms with E-state index in [0.717, 1.165) is 13.1 Å². The topological polar surface area (TPSA) is 130 Å². The molecule has 12 nitrogen and oxygen atoms in total. The number of morpholine rings is 1. The molecule has 1 N–H and O–H groups in total. The first-order valence-corrected chi connectivity index (χ1v) is 17.1. The quantitative estimate of drug-likeness (QED) is 0.258. The average molecular weight is 693 g/mol. The molecule has 1 aromatic carbocycles. The Balaban J connectivity index is 1.64. The lowest BCUT2D eigenvalue weighted by atomic mass is 10.0. The van der Waals surface area contributed by atoms with Crippen LogP contribution in [-0.2, 0) is 11.3 Å². The summed E-state index contributed by atoms with van der Waals surface area (Å²) in [5.41, 5.74) is 1.82. The number of fused-ring (bicyclic) bond motifs is 1. The molecule has 0 saturated carbocycles. The van der Waals surface area contributed by atoms with Crippen LogP contribution in [0.1, 0.15) is 70.6 Å². The molecule has 0 unspecified atom stereocenters. The molecule has 49 heavy (non-hydrogen) atoms. The number of pyridine rings is 1. The van der Waals surface area contributed by atoms with Gasteiger partial charge in [-0.15, -0.1) is 0 Å². The van der Waals surface area contributed by atoms with Gasteiger partial charge in [0.15, 0.2) is 5.65 Å². The van der Waals surface area contributed by atoms with Gasteiger partial charge in [0.2, 0.25) is 0 Å². The number of ether oxygens (including phenoxy) is 1. The Morgan fingerprint density at radius 3 is 2.27 bits per heavy atom. The minimum atomic E-state index is -1.01. The molecule has 14 heteroatoms. The molecule has 2 atom stereocenters. The van der Waals surface area contributed by atoms with E-state index in [1.54, 1.807) is 24.3 Å². The maximum absolute atomic E-state index is 15.2. The van der Waals surface area contributed by atoms with E-state index in [4.69, 9.17) is 31.3 Å². The van der Waals surface area contributed by atoms with Crippen LogP contribution in [0.15, 0.2) is 35.1 Å². The highest BCUT2D eigenvalue weighted by atomic mass is 35.5. The van der Waals surface area contributed by atoms with E-state index in [0.29, 0.717) is 60.4 Å². The molecular formula is C35H42ClFN8O4. The molecule has 4 aromatic rings. The van der Waals surface area contributed by atoms with E-state index < -0.39 is 17.6 Å². The lowest BCUT2D eigenvalue weighted by molar-refractivity contribution is 0.0330. The zero-order chi connectivity index (χ0) is 35.1. The summed E-state index contributed by atoms with van der Waals surface area (Å²) in [6.45, 7) is 15.7. The van der Waals surface area contributed by atoms with E-state index in [2.05, 4.69) is 9.88 Å². The summed E-state index contributed by atoms with van der Waals surface area (Å²) in [6, 6.07) is 7.20. The van der Waals surface area contributed by atoms with Crippen LogP contribution in [0.4, 0.5) is 15.0 Å². The summed E-state index contributed by atoms with van der Waals surface area (Å²) < 4.78 is 22.2. The predicted octanol–water partition coefficient (Wildman–Crippen LogP) is 5.69. The fourth-order valence-electron chi connectivity index (χ4n) is 6.66. The van der Waals surface area contributed by atoms with Gasteiger partial charge in [0.05, 0.1) is 52.9 Å². The number of rotatable bonds is 7. The SMILES string of the molecule is CC(C)c1nc(CN2CCOCC2)nc(C(C)C)c1-n1c(=O)nc(N2C[C@@H](C)N(C(=O)O)C[C@@H]2C)c2cc(Cl)c(-c3ccccc3F)nc21. The van der Waals surface area contributed by atoms with E-state index >= 15 is 4.39 Å². The minimum absolute atomic E-state index is 0.108. The van der Waals surface area contributed by atoms with Crippen molar-refractivity contribution >= 4 is 34.5 Å². The van der Waals surface area contributed by atoms with Gasteiger partial charge >= 0.3 is 11.8 Å². The highest BCUT2D eigenvalue weighted by Crippen LogP contribution is 2.37. The molecule has 2 aliphatic rings. The summed E-state index contributed by atoms with van der Waals surface area (Å²) in [5.74, 6) is 0.264. The van der Waals surface area contributed by atoms with Crippen LogP contribution in [-0.4, -0.2) is 97.0 Å². The van der Waals surface area contributed by atoms with Gasteiger partial charge < -0.3 is 19.6 Å². The zero-order valence-electron chi connectivity index (χ0n) is 28.7. The van der Waals surface area contributed by atoms with Crippen molar-refractivity contribution in [3.05, 3.63) is 68.9 Å². The molecule has 6 rings (SSSR count). The monoisotopic (exact) mass is 692 g/mol. The molecule has 1 amide bonds. The maximum atomic E-state index is 15.2. The van der Waals surface area contributed by atoms with Crippen molar-refractivity contribution in [2.75, 3.05) is 44.3 Å². The third kappa shape index (κ3) is 6.71.